The summed E-state index contributed by atoms with van der Waals surface area (Å²) in [5, 5.41) is 15.6. The molecule has 2 heteroatoms. The fraction of sp³-hybridized carbons (Fsp3) is 0.0870. The molecule has 0 atom stereocenters. The van der Waals surface area contributed by atoms with Crippen molar-refractivity contribution < 1.29 is 18.9 Å². The second-order valence-electron chi connectivity index (χ2n) is 13.6. The molecule has 0 bridgehead atoms. The van der Waals surface area contributed by atoms with Gasteiger partial charge in [0, 0.05) is 0 Å². The average Bonchev–Trinajstić information content (AvgIpc) is 3.12. The van der Waals surface area contributed by atoms with E-state index >= 15 is 0 Å². The van der Waals surface area contributed by atoms with E-state index in [0.29, 0.717) is 0 Å². The summed E-state index contributed by atoms with van der Waals surface area (Å²) in [6, 6.07) is 62.3. The van der Waals surface area contributed by atoms with Crippen LogP contribution in [0.1, 0.15) is 19.8 Å². The molecule has 0 N–H and O–H groups in total. The van der Waals surface area contributed by atoms with E-state index in [0.717, 1.165) is 19.2 Å². The number of rotatable bonds is 6. The molecule has 0 spiro atoms. The largest absolute Gasteiger partial charge is 1.00 e. The molecule has 0 aromatic heterocycles. The van der Waals surface area contributed by atoms with Crippen molar-refractivity contribution in [1.29, 1.82) is 0 Å². The Labute approximate surface area is 294 Å². The minimum atomic E-state index is -1.30. The average molecular weight is 607 g/mol. The zero-order valence-corrected chi connectivity index (χ0v) is 27.8. The van der Waals surface area contributed by atoms with E-state index in [-0.39, 0.29) is 18.9 Å². The zero-order valence-electron chi connectivity index (χ0n) is 27.8. The summed E-state index contributed by atoms with van der Waals surface area (Å²) < 4.78 is 0. The van der Waals surface area contributed by atoms with Gasteiger partial charge in [0.15, 0.2) is 0 Å². The first kappa shape index (κ1) is 30.5. The van der Waals surface area contributed by atoms with E-state index in [1.807, 2.05) is 0 Å². The van der Waals surface area contributed by atoms with Crippen molar-refractivity contribution >= 4 is 87.2 Å². The number of unbranched alkanes of at least 4 members (excludes halogenated alkanes) is 1. The van der Waals surface area contributed by atoms with Gasteiger partial charge >= 0.3 is 18.9 Å². The third-order valence-corrected chi connectivity index (χ3v) is 10.9. The van der Waals surface area contributed by atoms with Gasteiger partial charge in [0.25, 0.3) is 0 Å². The van der Waals surface area contributed by atoms with Gasteiger partial charge in [-0.3, -0.25) is 0 Å². The number of benzene rings is 9. The van der Waals surface area contributed by atoms with Crippen LogP contribution in [0.3, 0.4) is 0 Å². The molecule has 0 saturated carbocycles. The van der Waals surface area contributed by atoms with Crippen LogP contribution in [0.5, 0.6) is 0 Å². The van der Waals surface area contributed by atoms with Crippen LogP contribution in [0, 0.1) is 0 Å². The fourth-order valence-corrected chi connectivity index (χ4v) is 8.38. The zero-order chi connectivity index (χ0) is 31.4. The minimum absolute atomic E-state index is 0. The second kappa shape index (κ2) is 12.3. The van der Waals surface area contributed by atoms with E-state index < -0.39 is 6.15 Å². The molecule has 0 nitrogen and oxygen atoms in total. The van der Waals surface area contributed by atoms with Gasteiger partial charge in [-0.25, -0.2) is 0 Å². The first-order valence-electron chi connectivity index (χ1n) is 17.1. The van der Waals surface area contributed by atoms with Crippen LogP contribution in [0.25, 0.3) is 64.6 Å². The van der Waals surface area contributed by atoms with Crippen molar-refractivity contribution in [2.45, 2.75) is 26.1 Å². The Kier molecular flexibility index (Phi) is 7.85. The van der Waals surface area contributed by atoms with Gasteiger partial charge in [0.05, 0.1) is 6.15 Å². The first-order chi connectivity index (χ1) is 23.2. The Balaban J connectivity index is 0.00000336. The van der Waals surface area contributed by atoms with E-state index in [9.17, 15) is 0 Å². The summed E-state index contributed by atoms with van der Waals surface area (Å²) in [6.07, 6.45) is 2.09. The second-order valence-corrected chi connectivity index (χ2v) is 13.6. The summed E-state index contributed by atoms with van der Waals surface area (Å²) in [5.74, 6) is 0. The Morgan fingerprint density at radius 2 is 0.604 bits per heavy atom. The van der Waals surface area contributed by atoms with Gasteiger partial charge in [0.1, 0.15) is 0 Å². The Morgan fingerprint density at radius 3 is 0.896 bits per heavy atom. The van der Waals surface area contributed by atoms with E-state index in [1.54, 1.807) is 0 Å². The molecule has 9 aromatic carbocycles. The molecule has 0 saturated heterocycles. The molecule has 0 aliphatic carbocycles. The van der Waals surface area contributed by atoms with E-state index in [4.69, 9.17) is 0 Å². The van der Waals surface area contributed by atoms with Crippen molar-refractivity contribution in [1.82, 2.24) is 0 Å². The maximum absolute atomic E-state index is 2.51. The van der Waals surface area contributed by atoms with Crippen LogP contribution in [-0.4, -0.2) is 6.15 Å². The fourth-order valence-electron chi connectivity index (χ4n) is 8.38. The van der Waals surface area contributed by atoms with Crippen LogP contribution in [-0.2, 0) is 0 Å². The molecule has 0 radical (unpaired) electrons. The molecule has 0 aliphatic heterocycles. The van der Waals surface area contributed by atoms with Crippen LogP contribution in [0.2, 0.25) is 6.32 Å². The Bertz CT molecular complexity index is 2350. The normalized spacial score (nSPS) is 11.9. The molecule has 0 amide bonds. The van der Waals surface area contributed by atoms with Crippen molar-refractivity contribution in [2.24, 2.45) is 0 Å². The summed E-state index contributed by atoms with van der Waals surface area (Å²) in [5.41, 5.74) is 4.25. The van der Waals surface area contributed by atoms with Gasteiger partial charge < -0.3 is 0 Å². The van der Waals surface area contributed by atoms with E-state index in [1.165, 1.54) is 81.0 Å². The summed E-state index contributed by atoms with van der Waals surface area (Å²) in [6.45, 7) is 2.33. The van der Waals surface area contributed by atoms with Crippen LogP contribution in [0.15, 0.2) is 164 Å². The number of fused-ring (bicyclic) bond motifs is 6. The third-order valence-electron chi connectivity index (χ3n) is 10.9. The van der Waals surface area contributed by atoms with Gasteiger partial charge in [-0.05, 0) is 101 Å². The molecule has 0 unspecified atom stereocenters. The van der Waals surface area contributed by atoms with Crippen molar-refractivity contribution in [3.05, 3.63) is 164 Å². The number of hydrogen-bond donors (Lipinski definition) is 0. The molecule has 9 aromatic rings. The van der Waals surface area contributed by atoms with Crippen molar-refractivity contribution in [2.75, 3.05) is 0 Å². The standard InChI is InChI=1S/C46H36B.Li/c1-2-3-22-47(44-19-16-38-23-32-10-4-7-13-35(32)26-41(38)29-44,45-20-17-39-24-33-11-5-8-14-36(33)27-42(39)30-45)46-21-18-40-25-34-12-6-9-15-37(34)28-43(40)31-46;/h4-21,23-31H,2-3,22H2,1H3;/q-1;+1. The van der Waals surface area contributed by atoms with Crippen molar-refractivity contribution in [3.8, 4) is 0 Å². The van der Waals surface area contributed by atoms with Crippen LogP contribution in [0.4, 0.5) is 0 Å². The molecule has 48 heavy (non-hydrogen) atoms. The van der Waals surface area contributed by atoms with Crippen molar-refractivity contribution in [3.63, 3.8) is 0 Å². The van der Waals surface area contributed by atoms with Crippen LogP contribution < -0.4 is 35.2 Å². The maximum Gasteiger partial charge on any atom is 1.00 e. The maximum atomic E-state index is 2.51. The Hall–Kier alpha value is -4.80. The molecule has 9 rings (SSSR count). The van der Waals surface area contributed by atoms with Gasteiger partial charge in [-0.15, -0.1) is 0 Å². The predicted octanol–water partition coefficient (Wildman–Crippen LogP) is 7.88. The summed E-state index contributed by atoms with van der Waals surface area (Å²) in [7, 11) is 0. The third kappa shape index (κ3) is 5.11. The molecular weight excluding hydrogens is 570 g/mol. The first-order valence-corrected chi connectivity index (χ1v) is 17.1. The van der Waals surface area contributed by atoms with Gasteiger partial charge in [0.2, 0.25) is 0 Å². The number of hydrogen-bond acceptors (Lipinski definition) is 0. The quantitative estimate of drug-likeness (QED) is 0.134. The summed E-state index contributed by atoms with van der Waals surface area (Å²) in [4.78, 5) is 0. The molecule has 0 aliphatic rings. The summed E-state index contributed by atoms with van der Waals surface area (Å²) >= 11 is 0. The smallest absolute Gasteiger partial charge is 0.199 e. The SMILES string of the molecule is CCCC[B-](c1ccc2cc3ccccc3cc2c1)(c1ccc2cc3ccccc3cc2c1)c1ccc2cc3ccccc3cc2c1.[Li+]. The topological polar surface area (TPSA) is 0 Å². The molecule has 224 valence electrons. The van der Waals surface area contributed by atoms with E-state index in [2.05, 4.69) is 171 Å². The monoisotopic (exact) mass is 606 g/mol. The molecular formula is C46H36BLi. The molecule has 0 heterocycles. The Morgan fingerprint density at radius 1 is 0.333 bits per heavy atom. The predicted molar refractivity (Wildman–Crippen MR) is 209 cm³/mol. The van der Waals surface area contributed by atoms with Crippen LogP contribution >= 0.6 is 0 Å². The minimum Gasteiger partial charge on any atom is -0.199 e. The van der Waals surface area contributed by atoms with Gasteiger partial charge in [-0.1, -0.05) is 147 Å². The van der Waals surface area contributed by atoms with Gasteiger partial charge in [-0.2, -0.15) is 22.7 Å². The molecule has 0 fully saturated rings.